The van der Waals surface area contributed by atoms with Crippen LogP contribution in [0.15, 0.2) is 42.5 Å². The predicted molar refractivity (Wildman–Crippen MR) is 104 cm³/mol. The van der Waals surface area contributed by atoms with E-state index in [0.717, 1.165) is 13.1 Å². The van der Waals surface area contributed by atoms with Crippen LogP contribution in [0.2, 0.25) is 5.02 Å². The number of ether oxygens (including phenoxy) is 1. The Morgan fingerprint density at radius 1 is 1.14 bits per heavy atom. The van der Waals surface area contributed by atoms with Crippen molar-refractivity contribution >= 4 is 23.2 Å². The monoisotopic (exact) mass is 405 g/mol. The van der Waals surface area contributed by atoms with Gasteiger partial charge in [-0.3, -0.25) is 19.8 Å². The van der Waals surface area contributed by atoms with Crippen molar-refractivity contribution in [3.8, 4) is 11.5 Å². The lowest BCUT2D eigenvalue weighted by Gasteiger charge is -2.34. The summed E-state index contributed by atoms with van der Waals surface area (Å²) in [7, 11) is 0. The number of carbonyl (C=O) groups excluding carboxylic acids is 1. The van der Waals surface area contributed by atoms with Gasteiger partial charge in [-0.25, -0.2) is 0 Å². The lowest BCUT2D eigenvalue weighted by atomic mass is 10.1. The number of nitrogens with zero attached hydrogens (tertiary/aromatic N) is 3. The molecule has 2 aromatic rings. The molecule has 0 radical (unpaired) electrons. The summed E-state index contributed by atoms with van der Waals surface area (Å²) in [5.74, 6) is 0.385. The lowest BCUT2D eigenvalue weighted by Crippen LogP contribution is -2.49. The molecule has 9 heteroatoms. The van der Waals surface area contributed by atoms with Crippen LogP contribution in [0.3, 0.4) is 0 Å². The Kier molecular flexibility index (Phi) is 6.45. The fraction of sp³-hybridized carbons (Fsp3) is 0.316. The molecule has 3 rings (SSSR count). The van der Waals surface area contributed by atoms with Gasteiger partial charge in [-0.05, 0) is 36.4 Å². The number of rotatable bonds is 6. The lowest BCUT2D eigenvalue weighted by molar-refractivity contribution is -0.385. The summed E-state index contributed by atoms with van der Waals surface area (Å²) in [6.45, 7) is 3.40. The number of hydrogen-bond donors (Lipinski definition) is 1. The second-order valence-corrected chi connectivity index (χ2v) is 6.79. The Morgan fingerprint density at radius 3 is 2.43 bits per heavy atom. The van der Waals surface area contributed by atoms with E-state index in [-0.39, 0.29) is 29.0 Å². The first kappa shape index (κ1) is 20.1. The average Bonchev–Trinajstić information content (AvgIpc) is 2.70. The van der Waals surface area contributed by atoms with Gasteiger partial charge in [-0.2, -0.15) is 0 Å². The Labute approximate surface area is 167 Å². The molecule has 148 valence electrons. The average molecular weight is 406 g/mol. The zero-order valence-corrected chi connectivity index (χ0v) is 15.8. The van der Waals surface area contributed by atoms with Gasteiger partial charge in [0.2, 0.25) is 5.75 Å². The van der Waals surface area contributed by atoms with Crippen molar-refractivity contribution in [1.29, 1.82) is 0 Å². The van der Waals surface area contributed by atoms with Crippen LogP contribution in [-0.2, 0) is 0 Å². The first-order valence-electron chi connectivity index (χ1n) is 8.82. The van der Waals surface area contributed by atoms with Crippen molar-refractivity contribution in [2.75, 3.05) is 39.3 Å². The number of nitro benzene ring substituents is 1. The van der Waals surface area contributed by atoms with Crippen molar-refractivity contribution in [3.63, 3.8) is 0 Å². The van der Waals surface area contributed by atoms with Crippen molar-refractivity contribution < 1.29 is 19.6 Å². The van der Waals surface area contributed by atoms with E-state index in [2.05, 4.69) is 4.90 Å². The SMILES string of the molecule is O=C(c1ccc(Oc2ccc(Cl)cc2[N+](=O)[O-])cc1)N1CCN(CCO)CC1. The zero-order chi connectivity index (χ0) is 20.1. The van der Waals surface area contributed by atoms with E-state index in [9.17, 15) is 14.9 Å². The van der Waals surface area contributed by atoms with Crippen LogP contribution in [0, 0.1) is 10.1 Å². The summed E-state index contributed by atoms with van der Waals surface area (Å²) in [4.78, 5) is 27.1. The molecule has 1 aliphatic rings. The van der Waals surface area contributed by atoms with Crippen LogP contribution in [0.1, 0.15) is 10.4 Å². The summed E-state index contributed by atoms with van der Waals surface area (Å²) in [6, 6.07) is 10.7. The Balaban J connectivity index is 1.66. The van der Waals surface area contributed by atoms with E-state index in [1.807, 2.05) is 0 Å². The van der Waals surface area contributed by atoms with E-state index in [1.54, 1.807) is 29.2 Å². The van der Waals surface area contributed by atoms with Crippen molar-refractivity contribution in [2.45, 2.75) is 0 Å². The summed E-state index contributed by atoms with van der Waals surface area (Å²) in [6.07, 6.45) is 0. The summed E-state index contributed by atoms with van der Waals surface area (Å²) in [5.41, 5.74) is 0.293. The number of benzene rings is 2. The molecule has 1 amide bonds. The fourth-order valence-electron chi connectivity index (χ4n) is 3.01. The van der Waals surface area contributed by atoms with Crippen LogP contribution in [0.25, 0.3) is 0 Å². The maximum atomic E-state index is 12.6. The molecule has 28 heavy (non-hydrogen) atoms. The van der Waals surface area contributed by atoms with Crippen LogP contribution < -0.4 is 4.74 Å². The summed E-state index contributed by atoms with van der Waals surface area (Å²) in [5, 5.41) is 20.4. The van der Waals surface area contributed by atoms with Gasteiger partial charge < -0.3 is 14.7 Å². The largest absolute Gasteiger partial charge is 0.450 e. The minimum Gasteiger partial charge on any atom is -0.450 e. The van der Waals surface area contributed by atoms with Crippen LogP contribution >= 0.6 is 11.6 Å². The molecule has 1 saturated heterocycles. The molecule has 0 spiro atoms. The number of aliphatic hydroxyl groups is 1. The second kappa shape index (κ2) is 9.01. The minimum atomic E-state index is -0.560. The van der Waals surface area contributed by atoms with E-state index in [1.165, 1.54) is 18.2 Å². The Bertz CT molecular complexity index is 851. The molecular formula is C19H20ClN3O5. The highest BCUT2D eigenvalue weighted by atomic mass is 35.5. The molecule has 1 heterocycles. The van der Waals surface area contributed by atoms with Gasteiger partial charge in [0.1, 0.15) is 5.75 Å². The van der Waals surface area contributed by atoms with Crippen molar-refractivity contribution in [3.05, 3.63) is 63.2 Å². The topological polar surface area (TPSA) is 96.1 Å². The van der Waals surface area contributed by atoms with Gasteiger partial charge in [0.25, 0.3) is 5.91 Å². The smallest absolute Gasteiger partial charge is 0.313 e. The van der Waals surface area contributed by atoms with Gasteiger partial charge in [-0.15, -0.1) is 0 Å². The third-order valence-electron chi connectivity index (χ3n) is 4.52. The molecule has 0 aromatic heterocycles. The first-order chi connectivity index (χ1) is 13.5. The predicted octanol–water partition coefficient (Wildman–Crippen LogP) is 2.79. The highest BCUT2D eigenvalue weighted by molar-refractivity contribution is 6.30. The highest BCUT2D eigenvalue weighted by Crippen LogP contribution is 2.33. The zero-order valence-electron chi connectivity index (χ0n) is 15.1. The maximum Gasteiger partial charge on any atom is 0.313 e. The molecule has 0 saturated carbocycles. The highest BCUT2D eigenvalue weighted by Gasteiger charge is 2.22. The third-order valence-corrected chi connectivity index (χ3v) is 4.76. The molecule has 1 fully saturated rings. The normalized spacial score (nSPS) is 14.7. The second-order valence-electron chi connectivity index (χ2n) is 6.35. The quantitative estimate of drug-likeness (QED) is 0.586. The van der Waals surface area contributed by atoms with Crippen molar-refractivity contribution in [2.24, 2.45) is 0 Å². The number of β-amino-alcohol motifs (C(OH)–C–C–N with tert-alkyl or cyclic N) is 1. The standard InChI is InChI=1S/C19H20ClN3O5/c20-15-3-6-18(17(13-15)23(26)27)28-16-4-1-14(2-5-16)19(25)22-9-7-21(8-10-22)11-12-24/h1-6,13,24H,7-12H2. The number of amides is 1. The first-order valence-corrected chi connectivity index (χ1v) is 9.20. The molecule has 2 aromatic carbocycles. The molecular weight excluding hydrogens is 386 g/mol. The third kappa shape index (κ3) is 4.78. The molecule has 8 nitrogen and oxygen atoms in total. The molecule has 0 unspecified atom stereocenters. The van der Waals surface area contributed by atoms with Gasteiger partial charge in [0.05, 0.1) is 11.5 Å². The van der Waals surface area contributed by atoms with E-state index >= 15 is 0 Å². The molecule has 0 bridgehead atoms. The molecule has 0 atom stereocenters. The molecule has 1 N–H and O–H groups in total. The van der Waals surface area contributed by atoms with Crippen LogP contribution in [0.4, 0.5) is 5.69 Å². The van der Waals surface area contributed by atoms with Gasteiger partial charge in [-0.1, -0.05) is 11.6 Å². The summed E-state index contributed by atoms with van der Waals surface area (Å²) >= 11 is 5.80. The van der Waals surface area contributed by atoms with Crippen LogP contribution in [0.5, 0.6) is 11.5 Å². The Morgan fingerprint density at radius 2 is 1.82 bits per heavy atom. The minimum absolute atomic E-state index is 0.0762. The van der Waals surface area contributed by atoms with Crippen molar-refractivity contribution in [1.82, 2.24) is 9.80 Å². The summed E-state index contributed by atoms with van der Waals surface area (Å²) < 4.78 is 5.59. The maximum absolute atomic E-state index is 12.6. The number of nitro groups is 1. The van der Waals surface area contributed by atoms with Gasteiger partial charge in [0.15, 0.2) is 0 Å². The van der Waals surface area contributed by atoms with E-state index < -0.39 is 4.92 Å². The van der Waals surface area contributed by atoms with Gasteiger partial charge in [0, 0.05) is 49.4 Å². The molecule has 1 aliphatic heterocycles. The van der Waals surface area contributed by atoms with E-state index in [0.29, 0.717) is 30.9 Å². The number of carbonyl (C=O) groups is 1. The fourth-order valence-corrected chi connectivity index (χ4v) is 3.18. The van der Waals surface area contributed by atoms with E-state index in [4.69, 9.17) is 21.4 Å². The molecule has 0 aliphatic carbocycles. The number of halogens is 1. The number of aliphatic hydroxyl groups excluding tert-OH is 1. The number of piperazine rings is 1. The van der Waals surface area contributed by atoms with Gasteiger partial charge >= 0.3 is 5.69 Å². The number of hydrogen-bond acceptors (Lipinski definition) is 6. The Hall–Kier alpha value is -2.68. The van der Waals surface area contributed by atoms with Crippen LogP contribution in [-0.4, -0.2) is 65.1 Å².